The predicted octanol–water partition coefficient (Wildman–Crippen LogP) is 1.54. The normalized spacial score (nSPS) is 11.1. The molecule has 0 spiro atoms. The molecule has 1 aromatic rings. The lowest BCUT2D eigenvalue weighted by molar-refractivity contribution is 0.408. The van der Waals surface area contributed by atoms with Crippen LogP contribution in [-0.2, 0) is 0 Å². The maximum Gasteiger partial charge on any atom is 0.149 e. The van der Waals surface area contributed by atoms with E-state index in [1.165, 1.54) is 0 Å². The zero-order chi connectivity index (χ0) is 13.5. The third-order valence-electron chi connectivity index (χ3n) is 2.60. The Hall–Kier alpha value is -1.36. The van der Waals surface area contributed by atoms with E-state index in [0.29, 0.717) is 5.92 Å². The van der Waals surface area contributed by atoms with E-state index in [0.717, 1.165) is 31.3 Å². The highest BCUT2D eigenvalue weighted by molar-refractivity contribution is 5.43. The van der Waals surface area contributed by atoms with Gasteiger partial charge >= 0.3 is 0 Å². The number of likely N-dealkylation sites (N-methyl/N-ethyl adjacent to an activating group) is 1. The average Bonchev–Trinajstić information content (AvgIpc) is 2.34. The predicted molar refractivity (Wildman–Crippen MR) is 77.2 cm³/mol. The van der Waals surface area contributed by atoms with Crippen LogP contribution < -0.4 is 10.2 Å². The quantitative estimate of drug-likeness (QED) is 0.796. The second kappa shape index (κ2) is 7.16. The summed E-state index contributed by atoms with van der Waals surface area (Å²) in [6.07, 6.45) is 3.57. The first-order valence-corrected chi connectivity index (χ1v) is 6.42. The zero-order valence-corrected chi connectivity index (χ0v) is 12.1. The number of anilines is 2. The standard InChI is InChI=1S/C13H25N5/c1-11(2)10-18(7-6-17(4)5)13-9-15-8-12(14-3)16-13/h8-9,11H,6-7,10H2,1-5H3,(H,14,16). The Morgan fingerprint density at radius 1 is 1.22 bits per heavy atom. The average molecular weight is 251 g/mol. The van der Waals surface area contributed by atoms with Gasteiger partial charge < -0.3 is 15.1 Å². The van der Waals surface area contributed by atoms with E-state index in [1.54, 1.807) is 6.20 Å². The molecule has 18 heavy (non-hydrogen) atoms. The number of hydrogen-bond acceptors (Lipinski definition) is 5. The summed E-state index contributed by atoms with van der Waals surface area (Å²) in [5.74, 6) is 2.36. The number of nitrogens with zero attached hydrogens (tertiary/aromatic N) is 4. The zero-order valence-electron chi connectivity index (χ0n) is 12.1. The second-order valence-corrected chi connectivity index (χ2v) is 5.16. The lowest BCUT2D eigenvalue weighted by Gasteiger charge is -2.27. The van der Waals surface area contributed by atoms with Crippen molar-refractivity contribution in [2.75, 3.05) is 51.0 Å². The first-order chi connectivity index (χ1) is 8.52. The lowest BCUT2D eigenvalue weighted by atomic mass is 10.2. The van der Waals surface area contributed by atoms with E-state index in [4.69, 9.17) is 0 Å². The fraction of sp³-hybridized carbons (Fsp3) is 0.692. The van der Waals surface area contributed by atoms with Crippen LogP contribution >= 0.6 is 0 Å². The molecule has 0 atom stereocenters. The molecule has 1 rings (SSSR count). The summed E-state index contributed by atoms with van der Waals surface area (Å²) in [5, 5.41) is 3.03. The number of aromatic nitrogens is 2. The largest absolute Gasteiger partial charge is 0.372 e. The molecule has 0 aliphatic rings. The molecule has 5 heteroatoms. The van der Waals surface area contributed by atoms with Crippen LogP contribution in [0.5, 0.6) is 0 Å². The molecule has 102 valence electrons. The molecule has 0 aliphatic carbocycles. The summed E-state index contributed by atoms with van der Waals surface area (Å²) >= 11 is 0. The summed E-state index contributed by atoms with van der Waals surface area (Å²) in [7, 11) is 6.03. The van der Waals surface area contributed by atoms with Gasteiger partial charge in [-0.05, 0) is 20.0 Å². The first-order valence-electron chi connectivity index (χ1n) is 6.42. The van der Waals surface area contributed by atoms with Crippen LogP contribution in [0.4, 0.5) is 11.6 Å². The Labute approximate surface area is 110 Å². The van der Waals surface area contributed by atoms with Gasteiger partial charge in [0.2, 0.25) is 0 Å². The summed E-state index contributed by atoms with van der Waals surface area (Å²) in [4.78, 5) is 13.3. The van der Waals surface area contributed by atoms with Crippen molar-refractivity contribution in [3.8, 4) is 0 Å². The molecule has 1 heterocycles. The van der Waals surface area contributed by atoms with E-state index in [2.05, 4.69) is 53.0 Å². The minimum absolute atomic E-state index is 0.604. The molecule has 0 aliphatic heterocycles. The first kappa shape index (κ1) is 14.7. The lowest BCUT2D eigenvalue weighted by Crippen LogP contribution is -2.35. The van der Waals surface area contributed by atoms with Gasteiger partial charge in [-0.1, -0.05) is 13.8 Å². The smallest absolute Gasteiger partial charge is 0.149 e. The Morgan fingerprint density at radius 2 is 1.94 bits per heavy atom. The van der Waals surface area contributed by atoms with E-state index >= 15 is 0 Å². The van der Waals surface area contributed by atoms with Crippen molar-refractivity contribution in [1.82, 2.24) is 14.9 Å². The van der Waals surface area contributed by atoms with E-state index in [-0.39, 0.29) is 0 Å². The molecule has 0 unspecified atom stereocenters. The summed E-state index contributed by atoms with van der Waals surface area (Å²) in [5.41, 5.74) is 0. The SMILES string of the molecule is CNc1cncc(N(CCN(C)C)CC(C)C)n1. The molecule has 0 saturated heterocycles. The number of rotatable bonds is 7. The van der Waals surface area contributed by atoms with Crippen molar-refractivity contribution in [2.24, 2.45) is 5.92 Å². The van der Waals surface area contributed by atoms with Crippen molar-refractivity contribution in [2.45, 2.75) is 13.8 Å². The molecule has 0 saturated carbocycles. The van der Waals surface area contributed by atoms with Gasteiger partial charge in [0.25, 0.3) is 0 Å². The van der Waals surface area contributed by atoms with Crippen molar-refractivity contribution < 1.29 is 0 Å². The molecule has 5 nitrogen and oxygen atoms in total. The summed E-state index contributed by atoms with van der Waals surface area (Å²) in [6, 6.07) is 0. The summed E-state index contributed by atoms with van der Waals surface area (Å²) < 4.78 is 0. The maximum atomic E-state index is 4.56. The molecule has 0 radical (unpaired) electrons. The monoisotopic (exact) mass is 251 g/mol. The van der Waals surface area contributed by atoms with Crippen LogP contribution in [0.15, 0.2) is 12.4 Å². The van der Waals surface area contributed by atoms with Gasteiger partial charge in [0, 0.05) is 26.7 Å². The number of hydrogen-bond donors (Lipinski definition) is 1. The van der Waals surface area contributed by atoms with E-state index < -0.39 is 0 Å². The highest BCUT2D eigenvalue weighted by Gasteiger charge is 2.11. The van der Waals surface area contributed by atoms with Crippen LogP contribution in [-0.4, -0.2) is 55.6 Å². The van der Waals surface area contributed by atoms with Crippen LogP contribution in [0.25, 0.3) is 0 Å². The minimum Gasteiger partial charge on any atom is -0.372 e. The van der Waals surface area contributed by atoms with Gasteiger partial charge in [0.15, 0.2) is 0 Å². The second-order valence-electron chi connectivity index (χ2n) is 5.16. The van der Waals surface area contributed by atoms with Crippen LogP contribution in [0.3, 0.4) is 0 Å². The van der Waals surface area contributed by atoms with Crippen LogP contribution in [0, 0.1) is 5.92 Å². The third-order valence-corrected chi connectivity index (χ3v) is 2.60. The van der Waals surface area contributed by atoms with Gasteiger partial charge in [0.05, 0.1) is 12.4 Å². The van der Waals surface area contributed by atoms with Gasteiger partial charge in [-0.2, -0.15) is 0 Å². The molecule has 0 amide bonds. The van der Waals surface area contributed by atoms with Gasteiger partial charge in [0.1, 0.15) is 11.6 Å². The Kier molecular flexibility index (Phi) is 5.85. The summed E-state index contributed by atoms with van der Waals surface area (Å²) in [6.45, 7) is 7.41. The van der Waals surface area contributed by atoms with Crippen LogP contribution in [0.1, 0.15) is 13.8 Å². The highest BCUT2D eigenvalue weighted by Crippen LogP contribution is 2.13. The maximum absolute atomic E-state index is 4.56. The highest BCUT2D eigenvalue weighted by atomic mass is 15.2. The fourth-order valence-electron chi connectivity index (χ4n) is 1.69. The van der Waals surface area contributed by atoms with Crippen molar-refractivity contribution >= 4 is 11.6 Å². The number of nitrogens with one attached hydrogen (secondary N) is 1. The molecular weight excluding hydrogens is 226 g/mol. The topological polar surface area (TPSA) is 44.3 Å². The minimum atomic E-state index is 0.604. The van der Waals surface area contributed by atoms with Crippen molar-refractivity contribution in [3.63, 3.8) is 0 Å². The Morgan fingerprint density at radius 3 is 2.50 bits per heavy atom. The molecule has 0 bridgehead atoms. The van der Waals surface area contributed by atoms with Crippen molar-refractivity contribution in [3.05, 3.63) is 12.4 Å². The van der Waals surface area contributed by atoms with E-state index in [1.807, 2.05) is 13.2 Å². The van der Waals surface area contributed by atoms with E-state index in [9.17, 15) is 0 Å². The van der Waals surface area contributed by atoms with Gasteiger partial charge in [-0.25, -0.2) is 4.98 Å². The Balaban J connectivity index is 2.79. The molecule has 0 fully saturated rings. The molecular formula is C13H25N5. The fourth-order valence-corrected chi connectivity index (χ4v) is 1.69. The van der Waals surface area contributed by atoms with Crippen molar-refractivity contribution in [1.29, 1.82) is 0 Å². The third kappa shape index (κ3) is 4.87. The molecule has 1 N–H and O–H groups in total. The van der Waals surface area contributed by atoms with Gasteiger partial charge in [-0.3, -0.25) is 4.98 Å². The Bertz CT molecular complexity index is 351. The van der Waals surface area contributed by atoms with Gasteiger partial charge in [-0.15, -0.1) is 0 Å². The molecule has 1 aromatic heterocycles. The molecule has 0 aromatic carbocycles. The van der Waals surface area contributed by atoms with Crippen LogP contribution in [0.2, 0.25) is 0 Å².